The van der Waals surface area contributed by atoms with E-state index in [2.05, 4.69) is 10.2 Å². The summed E-state index contributed by atoms with van der Waals surface area (Å²) in [5.41, 5.74) is -0.584. The van der Waals surface area contributed by atoms with Crippen LogP contribution in [0.1, 0.15) is 43.1 Å². The molecule has 2 N–H and O–H groups in total. The van der Waals surface area contributed by atoms with Gasteiger partial charge in [-0.25, -0.2) is 5.10 Å². The van der Waals surface area contributed by atoms with Gasteiger partial charge in [-0.15, -0.1) is 0 Å². The number of hydrogen-bond donors (Lipinski definition) is 2. The van der Waals surface area contributed by atoms with E-state index < -0.39 is 5.54 Å². The van der Waals surface area contributed by atoms with E-state index in [1.165, 1.54) is 12.1 Å². The van der Waals surface area contributed by atoms with Crippen LogP contribution in [-0.4, -0.2) is 44.8 Å². The number of nitrogens with zero attached hydrogens (tertiary/aromatic N) is 2. The number of hydrogen-bond acceptors (Lipinski definition) is 4. The number of nitrogens with one attached hydrogen (secondary N) is 1. The van der Waals surface area contributed by atoms with Gasteiger partial charge in [-0.05, 0) is 25.3 Å². The zero-order valence-corrected chi connectivity index (χ0v) is 11.1. The fourth-order valence-corrected chi connectivity index (χ4v) is 2.83. The van der Waals surface area contributed by atoms with Gasteiger partial charge in [-0.3, -0.25) is 9.59 Å². The van der Waals surface area contributed by atoms with Gasteiger partial charge in [-0.2, -0.15) is 5.10 Å². The smallest absolute Gasteiger partial charge is 0.274 e. The number of H-pyrrole nitrogens is 1. The number of aliphatic hydroxyl groups is 1. The monoisotopic (exact) mass is 265 g/mol. The average molecular weight is 265 g/mol. The Labute approximate surface area is 111 Å². The van der Waals surface area contributed by atoms with Gasteiger partial charge in [0.25, 0.3) is 11.5 Å². The van der Waals surface area contributed by atoms with E-state index in [9.17, 15) is 14.7 Å². The molecule has 6 nitrogen and oxygen atoms in total. The first-order valence-corrected chi connectivity index (χ1v) is 6.61. The van der Waals surface area contributed by atoms with E-state index >= 15 is 0 Å². The van der Waals surface area contributed by atoms with Gasteiger partial charge in [0.15, 0.2) is 0 Å². The molecule has 1 aromatic rings. The van der Waals surface area contributed by atoms with Crippen molar-refractivity contribution < 1.29 is 9.90 Å². The highest BCUT2D eigenvalue weighted by Crippen LogP contribution is 2.34. The molecule has 1 atom stereocenters. The third kappa shape index (κ3) is 2.53. The lowest BCUT2D eigenvalue weighted by atomic mass is 9.91. The fraction of sp³-hybridized carbons (Fsp3) is 0.615. The normalized spacial score (nSPS) is 22.7. The Bertz CT molecular complexity index is 494. The lowest BCUT2D eigenvalue weighted by Crippen LogP contribution is -2.50. The standard InChI is InChI=1S/C13H19N3O3/c1-2-6-13(9-17)7-3-8-16(13)12(19)10-4-5-11(18)15-14-10/h4-5,17H,2-3,6-9H2,1H3,(H,15,18)/t13-/m1/s1. The van der Waals surface area contributed by atoms with Crippen molar-refractivity contribution in [2.24, 2.45) is 0 Å². The molecule has 0 radical (unpaired) electrons. The quantitative estimate of drug-likeness (QED) is 0.831. The van der Waals surface area contributed by atoms with Crippen molar-refractivity contribution in [1.29, 1.82) is 0 Å². The summed E-state index contributed by atoms with van der Waals surface area (Å²) in [5, 5.41) is 15.7. The molecule has 0 aliphatic carbocycles. The van der Waals surface area contributed by atoms with Crippen LogP contribution < -0.4 is 5.56 Å². The molecule has 1 amide bonds. The van der Waals surface area contributed by atoms with Crippen LogP contribution in [0.15, 0.2) is 16.9 Å². The molecule has 0 saturated carbocycles. The molecule has 1 aliphatic rings. The number of rotatable bonds is 4. The van der Waals surface area contributed by atoms with Crippen molar-refractivity contribution in [3.63, 3.8) is 0 Å². The molecule has 2 heterocycles. The summed E-state index contributed by atoms with van der Waals surface area (Å²) in [6.07, 6.45) is 3.38. The lowest BCUT2D eigenvalue weighted by Gasteiger charge is -2.36. The van der Waals surface area contributed by atoms with E-state index in [1.807, 2.05) is 6.92 Å². The third-order valence-electron chi connectivity index (χ3n) is 3.75. The van der Waals surface area contributed by atoms with E-state index in [4.69, 9.17) is 0 Å². The number of likely N-dealkylation sites (tertiary alicyclic amines) is 1. The highest BCUT2D eigenvalue weighted by atomic mass is 16.3. The van der Waals surface area contributed by atoms with Crippen LogP contribution >= 0.6 is 0 Å². The van der Waals surface area contributed by atoms with Crippen molar-refractivity contribution in [3.8, 4) is 0 Å². The van der Waals surface area contributed by atoms with Crippen LogP contribution in [0.3, 0.4) is 0 Å². The molecule has 19 heavy (non-hydrogen) atoms. The summed E-state index contributed by atoms with van der Waals surface area (Å²) in [6, 6.07) is 2.71. The first-order valence-electron chi connectivity index (χ1n) is 6.61. The molecule has 2 rings (SSSR count). The number of carbonyl (C=O) groups excluding carboxylic acids is 1. The number of aliphatic hydroxyl groups excluding tert-OH is 1. The number of amides is 1. The maximum Gasteiger partial charge on any atom is 0.274 e. The van der Waals surface area contributed by atoms with Crippen molar-refractivity contribution in [2.75, 3.05) is 13.2 Å². The van der Waals surface area contributed by atoms with Crippen LogP contribution in [0.4, 0.5) is 0 Å². The number of aromatic amines is 1. The van der Waals surface area contributed by atoms with Crippen molar-refractivity contribution in [1.82, 2.24) is 15.1 Å². The average Bonchev–Trinajstić information content (AvgIpc) is 2.83. The Balaban J connectivity index is 2.26. The molecule has 0 spiro atoms. The van der Waals surface area contributed by atoms with Crippen molar-refractivity contribution >= 4 is 5.91 Å². The molecule has 0 unspecified atom stereocenters. The molecular formula is C13H19N3O3. The zero-order chi connectivity index (χ0) is 13.9. The highest BCUT2D eigenvalue weighted by molar-refractivity contribution is 5.92. The van der Waals surface area contributed by atoms with Gasteiger partial charge >= 0.3 is 0 Å². The summed E-state index contributed by atoms with van der Waals surface area (Å²) in [5.74, 6) is -0.226. The summed E-state index contributed by atoms with van der Waals surface area (Å²) >= 11 is 0. The van der Waals surface area contributed by atoms with Gasteiger partial charge in [0.2, 0.25) is 0 Å². The predicted octanol–water partition coefficient (Wildman–Crippen LogP) is 0.537. The zero-order valence-electron chi connectivity index (χ0n) is 11.1. The molecule has 0 aromatic carbocycles. The van der Waals surface area contributed by atoms with E-state index in [1.54, 1.807) is 4.90 Å². The Kier molecular flexibility index (Phi) is 3.99. The Hall–Kier alpha value is -1.69. The second kappa shape index (κ2) is 5.52. The minimum Gasteiger partial charge on any atom is -0.394 e. The topological polar surface area (TPSA) is 86.3 Å². The van der Waals surface area contributed by atoms with Gasteiger partial charge in [0.1, 0.15) is 5.69 Å². The molecule has 1 aromatic heterocycles. The molecule has 1 aliphatic heterocycles. The van der Waals surface area contributed by atoms with Crippen molar-refractivity contribution in [3.05, 3.63) is 28.2 Å². The first kappa shape index (κ1) is 13.7. The van der Waals surface area contributed by atoms with Crippen LogP contribution in [0, 0.1) is 0 Å². The lowest BCUT2D eigenvalue weighted by molar-refractivity contribution is 0.0371. The molecule has 6 heteroatoms. The SMILES string of the molecule is CCC[C@]1(CO)CCCN1C(=O)c1ccc(=O)[nH]n1. The maximum atomic E-state index is 12.4. The molecule has 1 fully saturated rings. The summed E-state index contributed by atoms with van der Waals surface area (Å²) in [6.45, 7) is 2.63. The third-order valence-corrected chi connectivity index (χ3v) is 3.75. The van der Waals surface area contributed by atoms with Crippen LogP contribution in [0.5, 0.6) is 0 Å². The second-order valence-corrected chi connectivity index (χ2v) is 5.00. The van der Waals surface area contributed by atoms with Gasteiger partial charge in [0, 0.05) is 12.6 Å². The predicted molar refractivity (Wildman–Crippen MR) is 69.9 cm³/mol. The van der Waals surface area contributed by atoms with Crippen LogP contribution in [-0.2, 0) is 0 Å². The molecule has 1 saturated heterocycles. The second-order valence-electron chi connectivity index (χ2n) is 5.00. The first-order chi connectivity index (χ1) is 9.13. The summed E-state index contributed by atoms with van der Waals surface area (Å²) in [4.78, 5) is 25.1. The van der Waals surface area contributed by atoms with Crippen LogP contribution in [0.2, 0.25) is 0 Å². The van der Waals surface area contributed by atoms with Gasteiger partial charge in [0.05, 0.1) is 12.1 Å². The maximum absolute atomic E-state index is 12.4. The van der Waals surface area contributed by atoms with Crippen molar-refractivity contribution in [2.45, 2.75) is 38.1 Å². The summed E-state index contributed by atoms with van der Waals surface area (Å²) in [7, 11) is 0. The van der Waals surface area contributed by atoms with Gasteiger partial charge in [-0.1, -0.05) is 13.3 Å². The van der Waals surface area contributed by atoms with E-state index in [-0.39, 0.29) is 23.8 Å². The van der Waals surface area contributed by atoms with E-state index in [0.717, 1.165) is 25.7 Å². The minimum atomic E-state index is -0.469. The molecule has 0 bridgehead atoms. The Morgan fingerprint density at radius 3 is 2.95 bits per heavy atom. The number of aromatic nitrogens is 2. The Morgan fingerprint density at radius 2 is 2.37 bits per heavy atom. The molecular weight excluding hydrogens is 246 g/mol. The van der Waals surface area contributed by atoms with Crippen LogP contribution in [0.25, 0.3) is 0 Å². The van der Waals surface area contributed by atoms with Gasteiger partial charge < -0.3 is 10.0 Å². The number of carbonyl (C=O) groups is 1. The highest BCUT2D eigenvalue weighted by Gasteiger charge is 2.42. The van der Waals surface area contributed by atoms with E-state index in [0.29, 0.717) is 6.54 Å². The summed E-state index contributed by atoms with van der Waals surface area (Å²) < 4.78 is 0. The Morgan fingerprint density at radius 1 is 1.58 bits per heavy atom. The molecule has 104 valence electrons. The fourth-order valence-electron chi connectivity index (χ4n) is 2.83. The largest absolute Gasteiger partial charge is 0.394 e. The minimum absolute atomic E-state index is 0.0318.